The number of carbonyl (C=O) groups is 1. The first-order valence-corrected chi connectivity index (χ1v) is 11.7. The smallest absolute Gasteiger partial charge is 0.223 e. The average molecular weight is 422 g/mol. The number of rotatable bonds is 7. The second kappa shape index (κ2) is 10.8. The van der Waals surface area contributed by atoms with E-state index in [0.29, 0.717) is 18.6 Å². The zero-order valence-electron chi connectivity index (χ0n) is 18.6. The monoisotopic (exact) mass is 421 g/mol. The van der Waals surface area contributed by atoms with E-state index in [1.165, 1.54) is 18.5 Å². The lowest BCUT2D eigenvalue weighted by Crippen LogP contribution is -2.50. The van der Waals surface area contributed by atoms with Gasteiger partial charge >= 0.3 is 0 Å². The van der Waals surface area contributed by atoms with Gasteiger partial charge in [-0.15, -0.1) is 0 Å². The van der Waals surface area contributed by atoms with E-state index in [9.17, 15) is 4.79 Å². The summed E-state index contributed by atoms with van der Waals surface area (Å²) >= 11 is 0. The summed E-state index contributed by atoms with van der Waals surface area (Å²) in [5, 5.41) is 3.09. The molecule has 2 fully saturated rings. The molecule has 2 saturated heterocycles. The molecule has 0 aromatic carbocycles. The third-order valence-electron chi connectivity index (χ3n) is 6.96. The SMILES string of the molecule is CC(Cc1ccccn1)N1CCC(N2CCC(C(=O)NCc3cccnc3)CC2)CC1. The van der Waals surface area contributed by atoms with Crippen LogP contribution in [0.1, 0.15) is 43.9 Å². The van der Waals surface area contributed by atoms with Crippen molar-refractivity contribution in [1.29, 1.82) is 0 Å². The first kappa shape index (κ1) is 21.9. The Morgan fingerprint density at radius 2 is 1.87 bits per heavy atom. The number of aromatic nitrogens is 2. The standard InChI is InChI=1S/C25H35N5O/c1-20(17-23-6-2-3-12-27-23)29-15-9-24(10-16-29)30-13-7-22(8-14-30)25(31)28-19-21-5-4-11-26-18-21/h2-6,11-12,18,20,22,24H,7-10,13-17,19H2,1H3,(H,28,31). The van der Waals surface area contributed by atoms with Gasteiger partial charge in [0.05, 0.1) is 0 Å². The van der Waals surface area contributed by atoms with Gasteiger partial charge in [-0.2, -0.15) is 0 Å². The number of pyridine rings is 2. The molecule has 1 N–H and O–H groups in total. The van der Waals surface area contributed by atoms with Gasteiger partial charge in [-0.3, -0.25) is 14.8 Å². The number of piperidine rings is 2. The lowest BCUT2D eigenvalue weighted by atomic mass is 9.92. The number of hydrogen-bond acceptors (Lipinski definition) is 5. The molecule has 2 aromatic heterocycles. The highest BCUT2D eigenvalue weighted by atomic mass is 16.1. The predicted octanol–water partition coefficient (Wildman–Crippen LogP) is 2.90. The van der Waals surface area contributed by atoms with Crippen LogP contribution < -0.4 is 5.32 Å². The van der Waals surface area contributed by atoms with Crippen LogP contribution in [-0.4, -0.2) is 63.9 Å². The fourth-order valence-corrected chi connectivity index (χ4v) is 5.01. The largest absolute Gasteiger partial charge is 0.352 e. The molecule has 0 radical (unpaired) electrons. The molecule has 1 atom stereocenters. The van der Waals surface area contributed by atoms with E-state index in [-0.39, 0.29) is 11.8 Å². The van der Waals surface area contributed by atoms with Crippen LogP contribution in [0.4, 0.5) is 0 Å². The fourth-order valence-electron chi connectivity index (χ4n) is 5.01. The highest BCUT2D eigenvalue weighted by Gasteiger charge is 2.31. The number of amides is 1. The van der Waals surface area contributed by atoms with E-state index in [1.54, 1.807) is 6.20 Å². The van der Waals surface area contributed by atoms with Crippen molar-refractivity contribution in [2.75, 3.05) is 26.2 Å². The van der Waals surface area contributed by atoms with Crippen LogP contribution in [0, 0.1) is 5.92 Å². The van der Waals surface area contributed by atoms with Crippen LogP contribution in [-0.2, 0) is 17.8 Å². The Labute approximate surface area is 186 Å². The summed E-state index contributed by atoms with van der Waals surface area (Å²) in [7, 11) is 0. The van der Waals surface area contributed by atoms with Gasteiger partial charge < -0.3 is 15.1 Å². The minimum atomic E-state index is 0.145. The normalized spacial score (nSPS) is 20.4. The molecule has 0 saturated carbocycles. The lowest BCUT2D eigenvalue weighted by Gasteiger charge is -2.43. The number of carbonyl (C=O) groups excluding carboxylic acids is 1. The Kier molecular flexibility index (Phi) is 7.65. The number of likely N-dealkylation sites (tertiary alicyclic amines) is 2. The van der Waals surface area contributed by atoms with Gasteiger partial charge in [-0.1, -0.05) is 12.1 Å². The number of nitrogens with zero attached hydrogens (tertiary/aromatic N) is 4. The van der Waals surface area contributed by atoms with E-state index in [0.717, 1.165) is 51.0 Å². The van der Waals surface area contributed by atoms with E-state index < -0.39 is 0 Å². The summed E-state index contributed by atoms with van der Waals surface area (Å²) in [4.78, 5) is 26.4. The summed E-state index contributed by atoms with van der Waals surface area (Å²) in [5.41, 5.74) is 2.23. The summed E-state index contributed by atoms with van der Waals surface area (Å²) in [6.45, 7) is 7.29. The van der Waals surface area contributed by atoms with Crippen molar-refractivity contribution < 1.29 is 4.79 Å². The first-order chi connectivity index (χ1) is 15.2. The van der Waals surface area contributed by atoms with Crippen LogP contribution in [0.2, 0.25) is 0 Å². The van der Waals surface area contributed by atoms with E-state index in [1.807, 2.05) is 30.6 Å². The Bertz CT molecular complexity index is 799. The maximum atomic E-state index is 12.6. The Hall–Kier alpha value is -2.31. The van der Waals surface area contributed by atoms with Gasteiger partial charge in [-0.05, 0) is 82.5 Å². The third-order valence-corrected chi connectivity index (χ3v) is 6.96. The van der Waals surface area contributed by atoms with E-state index in [2.05, 4.69) is 44.1 Å². The molecule has 1 unspecified atom stereocenters. The maximum absolute atomic E-state index is 12.6. The second-order valence-electron chi connectivity index (χ2n) is 9.03. The summed E-state index contributed by atoms with van der Waals surface area (Å²) in [5.74, 6) is 0.341. The molecule has 6 heteroatoms. The molecule has 166 valence electrons. The molecule has 2 aromatic rings. The first-order valence-electron chi connectivity index (χ1n) is 11.7. The topological polar surface area (TPSA) is 61.4 Å². The predicted molar refractivity (Wildman–Crippen MR) is 122 cm³/mol. The zero-order chi connectivity index (χ0) is 21.5. The lowest BCUT2D eigenvalue weighted by molar-refractivity contribution is -0.126. The molecule has 4 heterocycles. The minimum absolute atomic E-state index is 0.145. The summed E-state index contributed by atoms with van der Waals surface area (Å²) < 4.78 is 0. The zero-order valence-corrected chi connectivity index (χ0v) is 18.6. The molecule has 31 heavy (non-hydrogen) atoms. The molecule has 2 aliphatic rings. The van der Waals surface area contributed by atoms with E-state index >= 15 is 0 Å². The molecule has 0 spiro atoms. The van der Waals surface area contributed by atoms with Crippen LogP contribution in [0.3, 0.4) is 0 Å². The van der Waals surface area contributed by atoms with Gasteiger partial charge in [0, 0.05) is 55.3 Å². The van der Waals surface area contributed by atoms with Crippen LogP contribution in [0.5, 0.6) is 0 Å². The average Bonchev–Trinajstić information content (AvgIpc) is 2.84. The summed E-state index contributed by atoms with van der Waals surface area (Å²) in [6.07, 6.45) is 10.9. The van der Waals surface area contributed by atoms with Crippen molar-refractivity contribution in [2.45, 2.75) is 57.7 Å². The summed E-state index contributed by atoms with van der Waals surface area (Å²) in [6, 6.07) is 11.3. The van der Waals surface area contributed by atoms with E-state index in [4.69, 9.17) is 0 Å². The van der Waals surface area contributed by atoms with Gasteiger partial charge in [0.2, 0.25) is 5.91 Å². The second-order valence-corrected chi connectivity index (χ2v) is 9.03. The van der Waals surface area contributed by atoms with Crippen LogP contribution >= 0.6 is 0 Å². The minimum Gasteiger partial charge on any atom is -0.352 e. The van der Waals surface area contributed by atoms with Gasteiger partial charge in [-0.25, -0.2) is 0 Å². The number of hydrogen-bond donors (Lipinski definition) is 1. The Balaban J connectivity index is 1.16. The molecule has 4 rings (SSSR count). The molecule has 1 amide bonds. The van der Waals surface area contributed by atoms with Crippen molar-refractivity contribution in [3.63, 3.8) is 0 Å². The Morgan fingerprint density at radius 3 is 2.55 bits per heavy atom. The van der Waals surface area contributed by atoms with Crippen molar-refractivity contribution in [3.8, 4) is 0 Å². The molecular formula is C25H35N5O. The van der Waals surface area contributed by atoms with Crippen molar-refractivity contribution in [2.24, 2.45) is 5.92 Å². The number of nitrogens with one attached hydrogen (secondary N) is 1. The Morgan fingerprint density at radius 1 is 1.06 bits per heavy atom. The maximum Gasteiger partial charge on any atom is 0.223 e. The molecule has 0 bridgehead atoms. The van der Waals surface area contributed by atoms with Gasteiger partial charge in [0.15, 0.2) is 0 Å². The van der Waals surface area contributed by atoms with Crippen molar-refractivity contribution >= 4 is 5.91 Å². The highest BCUT2D eigenvalue weighted by Crippen LogP contribution is 2.25. The van der Waals surface area contributed by atoms with Crippen LogP contribution in [0.15, 0.2) is 48.9 Å². The molecule has 0 aliphatic carbocycles. The fraction of sp³-hybridized carbons (Fsp3) is 0.560. The molecule has 6 nitrogen and oxygen atoms in total. The van der Waals surface area contributed by atoms with Crippen LogP contribution in [0.25, 0.3) is 0 Å². The third kappa shape index (κ3) is 6.11. The van der Waals surface area contributed by atoms with Crippen molar-refractivity contribution in [3.05, 3.63) is 60.2 Å². The molecular weight excluding hydrogens is 386 g/mol. The highest BCUT2D eigenvalue weighted by molar-refractivity contribution is 5.78. The van der Waals surface area contributed by atoms with Gasteiger partial charge in [0.1, 0.15) is 0 Å². The van der Waals surface area contributed by atoms with Gasteiger partial charge in [0.25, 0.3) is 0 Å². The van der Waals surface area contributed by atoms with Crippen molar-refractivity contribution in [1.82, 2.24) is 25.1 Å². The molecule has 2 aliphatic heterocycles. The quantitative estimate of drug-likeness (QED) is 0.745.